The number of imide groups is 1. The second-order valence-corrected chi connectivity index (χ2v) is 8.05. The zero-order valence-electron chi connectivity index (χ0n) is 13.3. The molecule has 0 bridgehead atoms. The molecule has 2 heterocycles. The van der Waals surface area contributed by atoms with Crippen LogP contribution in [0, 0.1) is 0 Å². The molecule has 2 aliphatic rings. The maximum Gasteiger partial charge on any atom is 0.305 e. The molecule has 0 aliphatic carbocycles. The Kier molecular flexibility index (Phi) is 5.00. The second kappa shape index (κ2) is 6.93. The predicted octanol–water partition coefficient (Wildman–Crippen LogP) is 2.39. The van der Waals surface area contributed by atoms with E-state index in [1.807, 2.05) is 0 Å². The van der Waals surface area contributed by atoms with Gasteiger partial charge in [0.25, 0.3) is 11.8 Å². The highest BCUT2D eigenvalue weighted by atomic mass is 79.9. The van der Waals surface area contributed by atoms with Gasteiger partial charge in [0, 0.05) is 23.5 Å². The van der Waals surface area contributed by atoms with Gasteiger partial charge >= 0.3 is 5.97 Å². The summed E-state index contributed by atoms with van der Waals surface area (Å²) in [4.78, 5) is 50.6. The van der Waals surface area contributed by atoms with Crippen molar-refractivity contribution in [3.63, 3.8) is 0 Å². The van der Waals surface area contributed by atoms with Crippen LogP contribution in [0.2, 0.25) is 0 Å². The average molecular weight is 455 g/mol. The highest BCUT2D eigenvalue weighted by Crippen LogP contribution is 2.45. The minimum atomic E-state index is -1.05. The van der Waals surface area contributed by atoms with E-state index in [-0.39, 0.29) is 27.8 Å². The number of fused-ring (bicyclic) bond motifs is 1. The van der Waals surface area contributed by atoms with Crippen LogP contribution in [-0.4, -0.2) is 44.6 Å². The molecule has 7 nitrogen and oxygen atoms in total. The minimum Gasteiger partial charge on any atom is -0.481 e. The summed E-state index contributed by atoms with van der Waals surface area (Å²) in [5.41, 5.74) is 0.960. The highest BCUT2D eigenvalue weighted by Gasteiger charge is 2.43. The van der Waals surface area contributed by atoms with Gasteiger partial charge in [0.1, 0.15) is 4.32 Å². The Morgan fingerprint density at radius 2 is 1.96 bits per heavy atom. The SMILES string of the molecule is CC(=O)N1C(=O)/C(=C2\SC(=S)N(CCC(=O)O)C2=O)c2cc(Br)ccc21. The first-order chi connectivity index (χ1) is 12.2. The van der Waals surface area contributed by atoms with E-state index >= 15 is 0 Å². The molecule has 1 aromatic carbocycles. The second-order valence-electron chi connectivity index (χ2n) is 5.49. The topological polar surface area (TPSA) is 95.0 Å². The maximum atomic E-state index is 12.8. The molecule has 0 spiro atoms. The molecule has 3 rings (SSSR count). The molecule has 1 saturated heterocycles. The molecule has 3 amide bonds. The standard InChI is InChI=1S/C16H11BrN2O5S2/c1-7(20)19-10-3-2-8(17)6-9(10)12(14(19)23)13-15(24)18(16(25)26-13)5-4-11(21)22/h2-3,6H,4-5H2,1H3,(H,21,22)/b13-12-. The van der Waals surface area contributed by atoms with Crippen LogP contribution < -0.4 is 4.90 Å². The third-order valence-electron chi connectivity index (χ3n) is 3.83. The summed E-state index contributed by atoms with van der Waals surface area (Å²) in [6.07, 6.45) is -0.259. The van der Waals surface area contributed by atoms with Crippen LogP contribution in [0.3, 0.4) is 0 Å². The Morgan fingerprint density at radius 1 is 1.27 bits per heavy atom. The first-order valence-corrected chi connectivity index (χ1v) is 9.39. The molecule has 26 heavy (non-hydrogen) atoms. The van der Waals surface area contributed by atoms with E-state index in [9.17, 15) is 19.2 Å². The number of thiocarbonyl (C=S) groups is 1. The van der Waals surface area contributed by atoms with Crippen LogP contribution in [0.15, 0.2) is 27.6 Å². The third kappa shape index (κ3) is 3.08. The smallest absolute Gasteiger partial charge is 0.305 e. The van der Waals surface area contributed by atoms with Gasteiger partial charge in [-0.15, -0.1) is 0 Å². The van der Waals surface area contributed by atoms with Crippen LogP contribution >= 0.6 is 39.9 Å². The van der Waals surface area contributed by atoms with Crippen LogP contribution in [-0.2, 0) is 19.2 Å². The largest absolute Gasteiger partial charge is 0.481 e. The van der Waals surface area contributed by atoms with Gasteiger partial charge < -0.3 is 5.11 Å². The minimum absolute atomic E-state index is 0.0767. The molecular weight excluding hydrogens is 444 g/mol. The molecule has 0 atom stereocenters. The van der Waals surface area contributed by atoms with E-state index in [1.54, 1.807) is 18.2 Å². The van der Waals surface area contributed by atoms with Crippen molar-refractivity contribution >= 4 is 79.2 Å². The number of carboxylic acids is 1. The average Bonchev–Trinajstić information content (AvgIpc) is 2.98. The van der Waals surface area contributed by atoms with Crippen LogP contribution in [0.25, 0.3) is 5.57 Å². The van der Waals surface area contributed by atoms with Gasteiger partial charge in [0.05, 0.1) is 22.6 Å². The number of thioether (sulfide) groups is 1. The lowest BCUT2D eigenvalue weighted by molar-refractivity contribution is -0.137. The van der Waals surface area contributed by atoms with E-state index in [0.29, 0.717) is 15.7 Å². The number of benzene rings is 1. The molecule has 10 heteroatoms. The Morgan fingerprint density at radius 3 is 2.58 bits per heavy atom. The van der Waals surface area contributed by atoms with E-state index in [0.717, 1.165) is 21.6 Å². The van der Waals surface area contributed by atoms with Crippen molar-refractivity contribution in [2.75, 3.05) is 11.4 Å². The zero-order chi connectivity index (χ0) is 19.2. The number of anilines is 1. The van der Waals surface area contributed by atoms with Crippen LogP contribution in [0.5, 0.6) is 0 Å². The molecular formula is C16H11BrN2O5S2. The number of carbonyl (C=O) groups excluding carboxylic acids is 3. The lowest BCUT2D eigenvalue weighted by Gasteiger charge is -2.12. The van der Waals surface area contributed by atoms with Crippen LogP contribution in [0.1, 0.15) is 18.9 Å². The molecule has 134 valence electrons. The fourth-order valence-electron chi connectivity index (χ4n) is 2.72. The van der Waals surface area contributed by atoms with E-state index in [1.165, 1.54) is 6.92 Å². The number of carboxylic acid groups (broad SMARTS) is 1. The van der Waals surface area contributed by atoms with E-state index in [4.69, 9.17) is 17.3 Å². The number of hydrogen-bond donors (Lipinski definition) is 1. The molecule has 1 N–H and O–H groups in total. The van der Waals surface area contributed by atoms with Crippen molar-refractivity contribution in [3.8, 4) is 0 Å². The Hall–Kier alpha value is -2.04. The van der Waals surface area contributed by atoms with E-state index in [2.05, 4.69) is 15.9 Å². The first kappa shape index (κ1) is 18.7. The van der Waals surface area contributed by atoms with Crippen molar-refractivity contribution in [2.45, 2.75) is 13.3 Å². The van der Waals surface area contributed by atoms with E-state index < -0.39 is 23.7 Å². The molecule has 1 aromatic rings. The summed E-state index contributed by atoms with van der Waals surface area (Å²) < 4.78 is 0.873. The summed E-state index contributed by atoms with van der Waals surface area (Å²) in [6.45, 7) is 1.19. The summed E-state index contributed by atoms with van der Waals surface area (Å²) in [7, 11) is 0. The van der Waals surface area contributed by atoms with Gasteiger partial charge in [-0.25, -0.2) is 4.90 Å². The quantitative estimate of drug-likeness (QED) is 0.553. The van der Waals surface area contributed by atoms with Gasteiger partial charge in [0.15, 0.2) is 0 Å². The van der Waals surface area contributed by atoms with Gasteiger partial charge in [-0.2, -0.15) is 0 Å². The Labute approximate surface area is 166 Å². The summed E-state index contributed by atoms with van der Waals surface area (Å²) in [5, 5.41) is 8.82. The van der Waals surface area contributed by atoms with Crippen molar-refractivity contribution in [1.82, 2.24) is 4.90 Å². The normalized spacial score (nSPS) is 19.4. The number of carbonyl (C=O) groups is 4. The van der Waals surface area contributed by atoms with Crippen molar-refractivity contribution < 1.29 is 24.3 Å². The summed E-state index contributed by atoms with van der Waals surface area (Å²) in [5.74, 6) is -2.64. The Bertz CT molecular complexity index is 927. The molecule has 0 saturated carbocycles. The number of halogens is 1. The van der Waals surface area contributed by atoms with Gasteiger partial charge in [-0.3, -0.25) is 24.1 Å². The molecule has 2 aliphatic heterocycles. The molecule has 0 unspecified atom stereocenters. The lowest BCUT2D eigenvalue weighted by atomic mass is 10.1. The molecule has 0 radical (unpaired) electrons. The molecule has 1 fully saturated rings. The molecule has 0 aromatic heterocycles. The number of aliphatic carboxylic acids is 1. The number of amides is 3. The van der Waals surface area contributed by atoms with Crippen molar-refractivity contribution in [3.05, 3.63) is 33.1 Å². The monoisotopic (exact) mass is 454 g/mol. The van der Waals surface area contributed by atoms with Crippen LogP contribution in [0.4, 0.5) is 5.69 Å². The third-order valence-corrected chi connectivity index (χ3v) is 5.77. The predicted molar refractivity (Wildman–Crippen MR) is 103 cm³/mol. The fraction of sp³-hybridized carbons (Fsp3) is 0.188. The van der Waals surface area contributed by atoms with Crippen molar-refractivity contribution in [2.24, 2.45) is 0 Å². The number of nitrogens with zero attached hydrogens (tertiary/aromatic N) is 2. The lowest BCUT2D eigenvalue weighted by Crippen LogP contribution is -2.32. The Balaban J connectivity index is 2.11. The number of rotatable bonds is 3. The zero-order valence-corrected chi connectivity index (χ0v) is 16.5. The van der Waals surface area contributed by atoms with Gasteiger partial charge in [-0.1, -0.05) is 39.9 Å². The maximum absolute atomic E-state index is 12.8. The van der Waals surface area contributed by atoms with Gasteiger partial charge in [-0.05, 0) is 18.2 Å². The number of hydrogen-bond acceptors (Lipinski definition) is 6. The summed E-state index contributed by atoms with van der Waals surface area (Å²) >= 11 is 9.43. The fourth-order valence-corrected chi connectivity index (χ4v) is 4.46. The highest BCUT2D eigenvalue weighted by molar-refractivity contribution is 9.10. The summed E-state index contributed by atoms with van der Waals surface area (Å²) in [6, 6.07) is 4.98. The van der Waals surface area contributed by atoms with Crippen molar-refractivity contribution in [1.29, 1.82) is 0 Å². The first-order valence-electron chi connectivity index (χ1n) is 7.37. The van der Waals surface area contributed by atoms with Gasteiger partial charge in [0.2, 0.25) is 5.91 Å².